The molecule has 0 aromatic carbocycles. The molecule has 0 saturated carbocycles. The molecule has 3 N–H and O–H groups in total. The Labute approximate surface area is 115 Å². The molecule has 0 spiro atoms. The summed E-state index contributed by atoms with van der Waals surface area (Å²) >= 11 is 0. The number of rotatable bonds is 10. The van der Waals surface area contributed by atoms with Crippen molar-refractivity contribution in [3.8, 4) is 0 Å². The van der Waals surface area contributed by atoms with Gasteiger partial charge in [0.05, 0.1) is 12.4 Å². The number of amides is 1. The van der Waals surface area contributed by atoms with Gasteiger partial charge in [-0.2, -0.15) is 0 Å². The Kier molecular flexibility index (Phi) is 8.16. The molecule has 0 radical (unpaired) electrons. The maximum Gasteiger partial charge on any atom is 0.244 e. The quantitative estimate of drug-likeness (QED) is 0.311. The zero-order chi connectivity index (χ0) is 13.9. The van der Waals surface area contributed by atoms with Crippen molar-refractivity contribution in [2.45, 2.75) is 39.0 Å². The zero-order valence-electron chi connectivity index (χ0n) is 11.8. The van der Waals surface area contributed by atoms with E-state index in [0.29, 0.717) is 13.0 Å². The second kappa shape index (κ2) is 9.75. The van der Waals surface area contributed by atoms with E-state index in [4.69, 9.17) is 5.21 Å². The molecule has 19 heavy (non-hydrogen) atoms. The van der Waals surface area contributed by atoms with Crippen molar-refractivity contribution in [1.82, 2.24) is 15.7 Å². The molecule has 1 aliphatic rings. The average molecular weight is 270 g/mol. The Bertz CT molecular complexity index is 294. The van der Waals surface area contributed by atoms with E-state index in [0.717, 1.165) is 32.6 Å². The number of aliphatic imine (C=N–C) groups is 1. The molecule has 0 bridgehead atoms. The van der Waals surface area contributed by atoms with E-state index in [1.165, 1.54) is 25.1 Å². The number of amidine groups is 1. The Morgan fingerprint density at radius 3 is 3.00 bits per heavy atom. The summed E-state index contributed by atoms with van der Waals surface area (Å²) in [6.45, 7) is 6.50. The Morgan fingerprint density at radius 2 is 2.26 bits per heavy atom. The third-order valence-electron chi connectivity index (χ3n) is 3.25. The van der Waals surface area contributed by atoms with E-state index in [2.05, 4.69) is 22.1 Å². The Morgan fingerprint density at radius 1 is 1.42 bits per heavy atom. The fourth-order valence-electron chi connectivity index (χ4n) is 2.14. The van der Waals surface area contributed by atoms with Gasteiger partial charge in [-0.1, -0.05) is 19.8 Å². The fraction of sp³-hybridized carbons (Fsp3) is 0.846. The average Bonchev–Trinajstić information content (AvgIpc) is 2.86. The highest BCUT2D eigenvalue weighted by molar-refractivity contribution is 5.83. The largest absolute Gasteiger partial charge is 0.357 e. The van der Waals surface area contributed by atoms with Crippen LogP contribution < -0.4 is 10.8 Å². The van der Waals surface area contributed by atoms with Crippen LogP contribution in [0.4, 0.5) is 0 Å². The molecular weight excluding hydrogens is 244 g/mol. The van der Waals surface area contributed by atoms with Crippen molar-refractivity contribution >= 4 is 11.7 Å². The number of hydrogen-bond donors (Lipinski definition) is 3. The number of unbranched alkanes of at least 4 members (excludes halogenated alkanes) is 2. The maximum absolute atomic E-state index is 10.8. The first-order valence-corrected chi connectivity index (χ1v) is 7.19. The van der Waals surface area contributed by atoms with Crippen LogP contribution in [0.3, 0.4) is 0 Å². The summed E-state index contributed by atoms with van der Waals surface area (Å²) in [4.78, 5) is 17.7. The minimum Gasteiger partial charge on any atom is -0.357 e. The highest BCUT2D eigenvalue weighted by Crippen LogP contribution is 2.09. The van der Waals surface area contributed by atoms with Crippen LogP contribution in [-0.2, 0) is 4.79 Å². The van der Waals surface area contributed by atoms with Gasteiger partial charge in [0, 0.05) is 39.0 Å². The molecule has 0 fully saturated rings. The van der Waals surface area contributed by atoms with E-state index in [1.807, 2.05) is 0 Å². The van der Waals surface area contributed by atoms with Crippen molar-refractivity contribution in [2.75, 3.05) is 32.7 Å². The lowest BCUT2D eigenvalue weighted by atomic mass is 10.2. The molecule has 1 rings (SSSR count). The van der Waals surface area contributed by atoms with Gasteiger partial charge in [-0.3, -0.25) is 15.0 Å². The highest BCUT2D eigenvalue weighted by Gasteiger charge is 2.15. The highest BCUT2D eigenvalue weighted by atomic mass is 16.5. The summed E-state index contributed by atoms with van der Waals surface area (Å²) in [5.74, 6) is 0.888. The standard InChI is InChI=1S/C13H26N4O2/c1-2-3-4-5-12-15-9-11-17(12)10-8-14-7-6-13(18)16-19/h14,19H,2-11H2,1H3,(H,16,18). The summed E-state index contributed by atoms with van der Waals surface area (Å²) in [7, 11) is 0. The molecular formula is C13H26N4O2. The Hall–Kier alpha value is -1.14. The second-order valence-corrected chi connectivity index (χ2v) is 4.78. The molecule has 0 atom stereocenters. The van der Waals surface area contributed by atoms with Crippen molar-refractivity contribution in [1.29, 1.82) is 0 Å². The predicted molar refractivity (Wildman–Crippen MR) is 75.4 cm³/mol. The van der Waals surface area contributed by atoms with E-state index >= 15 is 0 Å². The van der Waals surface area contributed by atoms with Crippen LogP contribution in [0.2, 0.25) is 0 Å². The third-order valence-corrected chi connectivity index (χ3v) is 3.25. The maximum atomic E-state index is 10.8. The lowest BCUT2D eigenvalue weighted by molar-refractivity contribution is -0.129. The minimum absolute atomic E-state index is 0.300. The van der Waals surface area contributed by atoms with Gasteiger partial charge in [0.25, 0.3) is 0 Å². The van der Waals surface area contributed by atoms with Gasteiger partial charge >= 0.3 is 0 Å². The first-order valence-electron chi connectivity index (χ1n) is 7.19. The SMILES string of the molecule is CCCCCC1=NCCN1CCNCCC(=O)NO. The first-order chi connectivity index (χ1) is 9.27. The summed E-state index contributed by atoms with van der Waals surface area (Å²) in [6, 6.07) is 0. The van der Waals surface area contributed by atoms with E-state index in [1.54, 1.807) is 5.48 Å². The van der Waals surface area contributed by atoms with Gasteiger partial charge in [-0.25, -0.2) is 5.48 Å². The summed E-state index contributed by atoms with van der Waals surface area (Å²) in [6.07, 6.45) is 5.10. The van der Waals surface area contributed by atoms with E-state index in [-0.39, 0.29) is 5.91 Å². The van der Waals surface area contributed by atoms with Gasteiger partial charge in [-0.05, 0) is 6.42 Å². The number of nitrogens with one attached hydrogen (secondary N) is 2. The van der Waals surface area contributed by atoms with Crippen LogP contribution in [0.25, 0.3) is 0 Å². The second-order valence-electron chi connectivity index (χ2n) is 4.78. The summed E-state index contributed by atoms with van der Waals surface area (Å²) in [5, 5.41) is 11.5. The molecule has 0 aliphatic carbocycles. The van der Waals surface area contributed by atoms with Crippen molar-refractivity contribution in [2.24, 2.45) is 4.99 Å². The molecule has 0 unspecified atom stereocenters. The van der Waals surface area contributed by atoms with Crippen LogP contribution in [0.1, 0.15) is 39.0 Å². The molecule has 6 heteroatoms. The Balaban J connectivity index is 2.08. The lowest BCUT2D eigenvalue weighted by Crippen LogP contribution is -2.35. The number of carbonyl (C=O) groups excluding carboxylic acids is 1. The first kappa shape index (κ1) is 15.9. The summed E-state index contributed by atoms with van der Waals surface area (Å²) in [5.41, 5.74) is 1.62. The van der Waals surface area contributed by atoms with Crippen LogP contribution in [0.5, 0.6) is 0 Å². The predicted octanol–water partition coefficient (Wildman–Crippen LogP) is 0.766. The molecule has 1 heterocycles. The van der Waals surface area contributed by atoms with Gasteiger partial charge in [0.2, 0.25) is 5.91 Å². The third kappa shape index (κ3) is 6.54. The van der Waals surface area contributed by atoms with Crippen LogP contribution >= 0.6 is 0 Å². The molecule has 110 valence electrons. The van der Waals surface area contributed by atoms with Crippen LogP contribution in [0.15, 0.2) is 4.99 Å². The van der Waals surface area contributed by atoms with Crippen molar-refractivity contribution in [3.63, 3.8) is 0 Å². The molecule has 0 aromatic rings. The number of carbonyl (C=O) groups is 1. The topological polar surface area (TPSA) is 77.0 Å². The molecule has 6 nitrogen and oxygen atoms in total. The molecule has 1 amide bonds. The van der Waals surface area contributed by atoms with Crippen molar-refractivity contribution < 1.29 is 10.0 Å². The van der Waals surface area contributed by atoms with Crippen LogP contribution in [0, 0.1) is 0 Å². The fourth-order valence-corrected chi connectivity index (χ4v) is 2.14. The molecule has 0 saturated heterocycles. The van der Waals surface area contributed by atoms with E-state index in [9.17, 15) is 4.79 Å². The summed E-state index contributed by atoms with van der Waals surface area (Å²) < 4.78 is 0. The lowest BCUT2D eigenvalue weighted by Gasteiger charge is -2.20. The number of hydrogen-bond acceptors (Lipinski definition) is 5. The normalized spacial score (nSPS) is 14.6. The van der Waals surface area contributed by atoms with Gasteiger partial charge in [-0.15, -0.1) is 0 Å². The van der Waals surface area contributed by atoms with Gasteiger partial charge < -0.3 is 10.2 Å². The molecule has 1 aliphatic heterocycles. The van der Waals surface area contributed by atoms with E-state index < -0.39 is 0 Å². The smallest absolute Gasteiger partial charge is 0.244 e. The van der Waals surface area contributed by atoms with Gasteiger partial charge in [0.15, 0.2) is 0 Å². The monoisotopic (exact) mass is 270 g/mol. The van der Waals surface area contributed by atoms with Crippen LogP contribution in [-0.4, -0.2) is 54.6 Å². The zero-order valence-corrected chi connectivity index (χ0v) is 11.8. The molecule has 0 aromatic heterocycles. The van der Waals surface area contributed by atoms with Gasteiger partial charge in [0.1, 0.15) is 0 Å². The number of nitrogens with zero attached hydrogens (tertiary/aromatic N) is 2. The number of hydroxylamine groups is 1. The van der Waals surface area contributed by atoms with Crippen molar-refractivity contribution in [3.05, 3.63) is 0 Å². The minimum atomic E-state index is -0.351.